The average molecular weight is 374 g/mol. The van der Waals surface area contributed by atoms with Crippen LogP contribution in [0.4, 0.5) is 0 Å². The van der Waals surface area contributed by atoms with Crippen molar-refractivity contribution in [3.05, 3.63) is 48.6 Å². The van der Waals surface area contributed by atoms with Crippen LogP contribution in [0.1, 0.15) is 51.0 Å². The average Bonchev–Trinajstić information content (AvgIpc) is 2.63. The zero-order valence-electron chi connectivity index (χ0n) is 15.9. The molecule has 6 nitrogen and oxygen atoms in total. The van der Waals surface area contributed by atoms with Crippen LogP contribution in [0.2, 0.25) is 0 Å². The third-order valence-electron chi connectivity index (χ3n) is 4.24. The van der Waals surface area contributed by atoms with Crippen LogP contribution >= 0.6 is 0 Å². The Hall–Kier alpha value is -2.63. The first-order chi connectivity index (χ1) is 12.9. The smallest absolute Gasteiger partial charge is 0.326 e. The van der Waals surface area contributed by atoms with Gasteiger partial charge in [0.25, 0.3) is 0 Å². The third-order valence-corrected chi connectivity index (χ3v) is 4.24. The van der Waals surface area contributed by atoms with Crippen molar-refractivity contribution in [1.29, 1.82) is 0 Å². The highest BCUT2D eigenvalue weighted by Crippen LogP contribution is 2.09. The van der Waals surface area contributed by atoms with Crippen LogP contribution in [-0.2, 0) is 20.8 Å². The standard InChI is InChI=1S/C21H30N2O4/c1-3-4-5-6-7-11-14-18(21(26)27)23-20(25)19(22-16(2)24)15-17-12-9-8-10-13-17/h3,8-10,12-13,18-19H,1,4-7,11,14-15H2,2H3,(H,22,24)(H,23,25)(H,26,27)/t18-,19+/m0/s1. The topological polar surface area (TPSA) is 95.5 Å². The SMILES string of the molecule is C=CCCCCCC[C@H](NC(=O)[C@@H](Cc1ccccc1)NC(C)=O)C(=O)O. The lowest BCUT2D eigenvalue weighted by Crippen LogP contribution is -2.52. The zero-order chi connectivity index (χ0) is 20.1. The minimum absolute atomic E-state index is 0.306. The fourth-order valence-corrected chi connectivity index (χ4v) is 2.82. The van der Waals surface area contributed by atoms with Gasteiger partial charge in [0.1, 0.15) is 12.1 Å². The van der Waals surface area contributed by atoms with Crippen molar-refractivity contribution >= 4 is 17.8 Å². The van der Waals surface area contributed by atoms with Gasteiger partial charge in [-0.25, -0.2) is 4.79 Å². The van der Waals surface area contributed by atoms with Gasteiger partial charge in [-0.05, 0) is 24.8 Å². The third kappa shape index (κ3) is 9.58. The van der Waals surface area contributed by atoms with Crippen molar-refractivity contribution in [2.45, 2.75) is 64.0 Å². The Labute approximate surface area is 161 Å². The van der Waals surface area contributed by atoms with E-state index in [0.29, 0.717) is 12.8 Å². The molecule has 1 rings (SSSR count). The Morgan fingerprint density at radius 2 is 1.70 bits per heavy atom. The summed E-state index contributed by atoms with van der Waals surface area (Å²) in [7, 11) is 0. The van der Waals surface area contributed by atoms with Crippen LogP contribution in [-0.4, -0.2) is 35.0 Å². The fraction of sp³-hybridized carbons (Fsp3) is 0.476. The predicted octanol–water partition coefficient (Wildman–Crippen LogP) is 2.83. The summed E-state index contributed by atoms with van der Waals surface area (Å²) < 4.78 is 0. The molecule has 0 heterocycles. The summed E-state index contributed by atoms with van der Waals surface area (Å²) in [5.74, 6) is -1.87. The summed E-state index contributed by atoms with van der Waals surface area (Å²) in [6.07, 6.45) is 7.17. The van der Waals surface area contributed by atoms with Crippen molar-refractivity contribution in [2.75, 3.05) is 0 Å². The highest BCUT2D eigenvalue weighted by molar-refractivity contribution is 5.90. The summed E-state index contributed by atoms with van der Waals surface area (Å²) in [6.45, 7) is 5.01. The van der Waals surface area contributed by atoms with Crippen LogP contribution in [0.25, 0.3) is 0 Å². The second-order valence-corrected chi connectivity index (χ2v) is 6.62. The maximum atomic E-state index is 12.6. The van der Waals surface area contributed by atoms with E-state index in [9.17, 15) is 19.5 Å². The van der Waals surface area contributed by atoms with Crippen LogP contribution < -0.4 is 10.6 Å². The summed E-state index contributed by atoms with van der Waals surface area (Å²) in [5.41, 5.74) is 0.889. The number of hydrogen-bond donors (Lipinski definition) is 3. The van der Waals surface area contributed by atoms with Crippen molar-refractivity contribution in [3.63, 3.8) is 0 Å². The van der Waals surface area contributed by atoms with Crippen LogP contribution in [0.5, 0.6) is 0 Å². The van der Waals surface area contributed by atoms with E-state index in [4.69, 9.17) is 0 Å². The number of carboxylic acid groups (broad SMARTS) is 1. The highest BCUT2D eigenvalue weighted by Gasteiger charge is 2.25. The predicted molar refractivity (Wildman–Crippen MR) is 105 cm³/mol. The van der Waals surface area contributed by atoms with Gasteiger partial charge in [-0.2, -0.15) is 0 Å². The Morgan fingerprint density at radius 3 is 2.30 bits per heavy atom. The summed E-state index contributed by atoms with van der Waals surface area (Å²) in [5, 5.41) is 14.6. The molecule has 0 aliphatic heterocycles. The number of hydrogen-bond acceptors (Lipinski definition) is 3. The van der Waals surface area contributed by atoms with Crippen molar-refractivity contribution < 1.29 is 19.5 Å². The number of benzene rings is 1. The van der Waals surface area contributed by atoms with E-state index >= 15 is 0 Å². The summed E-state index contributed by atoms with van der Waals surface area (Å²) in [6, 6.07) is 7.53. The van der Waals surface area contributed by atoms with E-state index in [2.05, 4.69) is 17.2 Å². The van der Waals surface area contributed by atoms with Gasteiger partial charge in [0.15, 0.2) is 0 Å². The number of allylic oxidation sites excluding steroid dienone is 1. The molecular formula is C21H30N2O4. The zero-order valence-corrected chi connectivity index (χ0v) is 15.9. The molecular weight excluding hydrogens is 344 g/mol. The van der Waals surface area contributed by atoms with Gasteiger partial charge in [-0.15, -0.1) is 6.58 Å². The minimum atomic E-state index is -1.06. The number of carbonyl (C=O) groups is 3. The van der Waals surface area contributed by atoms with E-state index in [1.54, 1.807) is 0 Å². The lowest BCUT2D eigenvalue weighted by molar-refractivity contribution is -0.142. The van der Waals surface area contributed by atoms with Crippen molar-refractivity contribution in [3.8, 4) is 0 Å². The lowest BCUT2D eigenvalue weighted by Gasteiger charge is -2.21. The normalized spacial score (nSPS) is 12.6. The molecule has 0 spiro atoms. The van der Waals surface area contributed by atoms with Crippen LogP contribution in [0, 0.1) is 0 Å². The minimum Gasteiger partial charge on any atom is -0.480 e. The van der Waals surface area contributed by atoms with E-state index in [-0.39, 0.29) is 5.91 Å². The number of carbonyl (C=O) groups excluding carboxylic acids is 2. The van der Waals surface area contributed by atoms with E-state index in [0.717, 1.165) is 37.7 Å². The number of unbranched alkanes of at least 4 members (excludes halogenated alkanes) is 4. The largest absolute Gasteiger partial charge is 0.480 e. The second kappa shape index (κ2) is 12.7. The molecule has 0 aliphatic carbocycles. The van der Waals surface area contributed by atoms with E-state index in [1.165, 1.54) is 6.92 Å². The van der Waals surface area contributed by atoms with E-state index in [1.807, 2.05) is 36.4 Å². The van der Waals surface area contributed by atoms with Crippen LogP contribution in [0.3, 0.4) is 0 Å². The molecule has 0 unspecified atom stereocenters. The van der Waals surface area contributed by atoms with Gasteiger partial charge >= 0.3 is 5.97 Å². The molecule has 6 heteroatoms. The number of amides is 2. The molecule has 0 bridgehead atoms. The molecule has 27 heavy (non-hydrogen) atoms. The molecule has 3 N–H and O–H groups in total. The van der Waals surface area contributed by atoms with E-state index < -0.39 is 24.0 Å². The molecule has 2 atom stereocenters. The Morgan fingerprint density at radius 1 is 1.04 bits per heavy atom. The first-order valence-corrected chi connectivity index (χ1v) is 9.39. The first-order valence-electron chi connectivity index (χ1n) is 9.39. The maximum absolute atomic E-state index is 12.6. The Kier molecular flexibility index (Phi) is 10.5. The molecule has 0 aromatic heterocycles. The summed E-state index contributed by atoms with van der Waals surface area (Å²) in [4.78, 5) is 35.5. The molecule has 0 aliphatic rings. The Balaban J connectivity index is 2.61. The van der Waals surface area contributed by atoms with Gasteiger partial charge in [-0.1, -0.05) is 55.7 Å². The second-order valence-electron chi connectivity index (χ2n) is 6.62. The Bertz CT molecular complexity index is 616. The van der Waals surface area contributed by atoms with Crippen LogP contribution in [0.15, 0.2) is 43.0 Å². The lowest BCUT2D eigenvalue weighted by atomic mass is 10.0. The number of nitrogens with one attached hydrogen (secondary N) is 2. The monoisotopic (exact) mass is 374 g/mol. The molecule has 1 aromatic carbocycles. The molecule has 2 amide bonds. The molecule has 1 aromatic rings. The van der Waals surface area contributed by atoms with Crippen molar-refractivity contribution in [1.82, 2.24) is 10.6 Å². The van der Waals surface area contributed by atoms with Gasteiger partial charge in [-0.3, -0.25) is 9.59 Å². The van der Waals surface area contributed by atoms with Crippen molar-refractivity contribution in [2.24, 2.45) is 0 Å². The number of aliphatic carboxylic acids is 1. The van der Waals surface area contributed by atoms with Gasteiger partial charge in [0.05, 0.1) is 0 Å². The molecule has 0 saturated carbocycles. The molecule has 148 valence electrons. The quantitative estimate of drug-likeness (QED) is 0.365. The highest BCUT2D eigenvalue weighted by atomic mass is 16.4. The number of rotatable bonds is 13. The fourth-order valence-electron chi connectivity index (χ4n) is 2.82. The molecule has 0 fully saturated rings. The number of carboxylic acids is 1. The summed E-state index contributed by atoms with van der Waals surface area (Å²) >= 11 is 0. The maximum Gasteiger partial charge on any atom is 0.326 e. The first kappa shape index (κ1) is 22.4. The van der Waals surface area contributed by atoms with Gasteiger partial charge < -0.3 is 15.7 Å². The van der Waals surface area contributed by atoms with Gasteiger partial charge in [0.2, 0.25) is 11.8 Å². The molecule has 0 saturated heterocycles. The molecule has 0 radical (unpaired) electrons. The van der Waals surface area contributed by atoms with Gasteiger partial charge in [0, 0.05) is 13.3 Å².